The Morgan fingerprint density at radius 3 is 2.76 bits per heavy atom. The van der Waals surface area contributed by atoms with Gasteiger partial charge < -0.3 is 5.73 Å². The number of amides is 1. The first-order valence-electron chi connectivity index (χ1n) is 6.06. The van der Waals surface area contributed by atoms with Gasteiger partial charge in [0.25, 0.3) is 5.91 Å². The molecule has 0 unspecified atom stereocenters. The SMILES string of the molecule is NC(=O)c1cncc(C=CC2CCCCC2)n1. The Bertz CT molecular complexity index is 422. The molecule has 1 aromatic rings. The summed E-state index contributed by atoms with van der Waals surface area (Å²) in [5.74, 6) is 0.105. The fraction of sp³-hybridized carbons (Fsp3) is 0.462. The van der Waals surface area contributed by atoms with E-state index in [2.05, 4.69) is 16.0 Å². The van der Waals surface area contributed by atoms with E-state index in [0.29, 0.717) is 11.6 Å². The molecule has 2 N–H and O–H groups in total. The van der Waals surface area contributed by atoms with Gasteiger partial charge in [0.1, 0.15) is 5.69 Å². The minimum atomic E-state index is -0.537. The number of hydrogen-bond donors (Lipinski definition) is 1. The van der Waals surface area contributed by atoms with E-state index < -0.39 is 5.91 Å². The maximum atomic E-state index is 11.0. The van der Waals surface area contributed by atoms with Crippen molar-refractivity contribution in [2.45, 2.75) is 32.1 Å². The summed E-state index contributed by atoms with van der Waals surface area (Å²) in [6.45, 7) is 0. The minimum absolute atomic E-state index is 0.218. The fourth-order valence-corrected chi connectivity index (χ4v) is 2.14. The molecule has 0 aliphatic heterocycles. The zero-order valence-corrected chi connectivity index (χ0v) is 9.80. The molecule has 0 radical (unpaired) electrons. The number of nitrogens with two attached hydrogens (primary N) is 1. The second kappa shape index (κ2) is 5.57. The van der Waals surface area contributed by atoms with E-state index in [-0.39, 0.29) is 5.69 Å². The van der Waals surface area contributed by atoms with Gasteiger partial charge in [-0.1, -0.05) is 25.3 Å². The number of carbonyl (C=O) groups excluding carboxylic acids is 1. The Morgan fingerprint density at radius 2 is 2.06 bits per heavy atom. The number of carbonyl (C=O) groups is 1. The monoisotopic (exact) mass is 231 g/mol. The van der Waals surface area contributed by atoms with Crippen LogP contribution in [0, 0.1) is 5.92 Å². The van der Waals surface area contributed by atoms with E-state index in [0.717, 1.165) is 0 Å². The van der Waals surface area contributed by atoms with E-state index in [1.807, 2.05) is 6.08 Å². The minimum Gasteiger partial charge on any atom is -0.364 e. The average Bonchev–Trinajstić information content (AvgIpc) is 2.38. The summed E-state index contributed by atoms with van der Waals surface area (Å²) >= 11 is 0. The highest BCUT2D eigenvalue weighted by molar-refractivity contribution is 5.90. The second-order valence-electron chi connectivity index (χ2n) is 4.45. The summed E-state index contributed by atoms with van der Waals surface area (Å²) in [4.78, 5) is 19.0. The van der Waals surface area contributed by atoms with Crippen LogP contribution < -0.4 is 5.73 Å². The number of hydrogen-bond acceptors (Lipinski definition) is 3. The van der Waals surface area contributed by atoms with Gasteiger partial charge in [-0.05, 0) is 24.8 Å². The van der Waals surface area contributed by atoms with Crippen LogP contribution in [-0.4, -0.2) is 15.9 Å². The van der Waals surface area contributed by atoms with Crippen LogP contribution in [0.3, 0.4) is 0 Å². The number of allylic oxidation sites excluding steroid dienone is 1. The van der Waals surface area contributed by atoms with E-state index in [9.17, 15) is 4.79 Å². The van der Waals surface area contributed by atoms with Crippen LogP contribution in [0.15, 0.2) is 18.5 Å². The number of primary amides is 1. The van der Waals surface area contributed by atoms with Crippen LogP contribution in [0.5, 0.6) is 0 Å². The Kier molecular flexibility index (Phi) is 3.85. The summed E-state index contributed by atoms with van der Waals surface area (Å²) in [6.07, 6.45) is 13.6. The maximum Gasteiger partial charge on any atom is 0.268 e. The van der Waals surface area contributed by atoms with Gasteiger partial charge >= 0.3 is 0 Å². The van der Waals surface area contributed by atoms with Gasteiger partial charge in [-0.2, -0.15) is 0 Å². The molecule has 1 heterocycles. The van der Waals surface area contributed by atoms with Crippen molar-refractivity contribution in [1.82, 2.24) is 9.97 Å². The standard InChI is InChI=1S/C13H17N3O/c14-13(17)12-9-15-8-11(16-12)7-6-10-4-2-1-3-5-10/h6-10H,1-5H2,(H2,14,17). The highest BCUT2D eigenvalue weighted by atomic mass is 16.1. The summed E-state index contributed by atoms with van der Waals surface area (Å²) in [7, 11) is 0. The van der Waals surface area contributed by atoms with Gasteiger partial charge in [-0.25, -0.2) is 4.98 Å². The molecule has 17 heavy (non-hydrogen) atoms. The first kappa shape index (κ1) is 11.8. The van der Waals surface area contributed by atoms with Crippen LogP contribution in [-0.2, 0) is 0 Å². The predicted octanol–water partition coefficient (Wildman–Crippen LogP) is 2.17. The van der Waals surface area contributed by atoms with Crippen LogP contribution in [0.1, 0.15) is 48.3 Å². The Labute approximate surface area is 101 Å². The smallest absolute Gasteiger partial charge is 0.268 e. The first-order chi connectivity index (χ1) is 8.25. The molecule has 0 aromatic carbocycles. The lowest BCUT2D eigenvalue weighted by Gasteiger charge is -2.17. The largest absolute Gasteiger partial charge is 0.364 e. The zero-order chi connectivity index (χ0) is 12.1. The van der Waals surface area contributed by atoms with Gasteiger partial charge in [-0.15, -0.1) is 0 Å². The first-order valence-corrected chi connectivity index (χ1v) is 6.06. The molecule has 4 heteroatoms. The third-order valence-electron chi connectivity index (χ3n) is 3.09. The van der Waals surface area contributed by atoms with Crippen LogP contribution >= 0.6 is 0 Å². The molecular formula is C13H17N3O. The molecule has 0 saturated heterocycles. The van der Waals surface area contributed by atoms with Crippen molar-refractivity contribution in [3.8, 4) is 0 Å². The van der Waals surface area contributed by atoms with Crippen molar-refractivity contribution in [3.63, 3.8) is 0 Å². The molecule has 1 aromatic heterocycles. The van der Waals surface area contributed by atoms with E-state index in [4.69, 9.17) is 5.73 Å². The summed E-state index contributed by atoms with van der Waals surface area (Å²) < 4.78 is 0. The quantitative estimate of drug-likeness (QED) is 0.866. The zero-order valence-electron chi connectivity index (χ0n) is 9.80. The summed E-state index contributed by atoms with van der Waals surface area (Å²) in [5, 5.41) is 0. The molecule has 1 saturated carbocycles. The number of nitrogens with zero attached hydrogens (tertiary/aromatic N) is 2. The van der Waals surface area contributed by atoms with Gasteiger partial charge in [0.15, 0.2) is 0 Å². The van der Waals surface area contributed by atoms with Gasteiger partial charge in [0, 0.05) is 0 Å². The molecule has 1 aliphatic carbocycles. The fourth-order valence-electron chi connectivity index (χ4n) is 2.14. The van der Waals surface area contributed by atoms with E-state index >= 15 is 0 Å². The molecule has 90 valence electrons. The van der Waals surface area contributed by atoms with Crippen molar-refractivity contribution in [2.24, 2.45) is 11.7 Å². The lowest BCUT2D eigenvalue weighted by atomic mass is 9.89. The average molecular weight is 231 g/mol. The molecule has 0 bridgehead atoms. The second-order valence-corrected chi connectivity index (χ2v) is 4.45. The molecule has 0 atom stereocenters. The van der Waals surface area contributed by atoms with Crippen molar-refractivity contribution >= 4 is 12.0 Å². The molecule has 1 aliphatic rings. The molecule has 4 nitrogen and oxygen atoms in total. The third-order valence-corrected chi connectivity index (χ3v) is 3.09. The molecule has 0 spiro atoms. The third kappa shape index (κ3) is 3.37. The van der Waals surface area contributed by atoms with Gasteiger partial charge in [-0.3, -0.25) is 9.78 Å². The molecular weight excluding hydrogens is 214 g/mol. The summed E-state index contributed by atoms with van der Waals surface area (Å²) in [6, 6.07) is 0. The van der Waals surface area contributed by atoms with E-state index in [1.165, 1.54) is 38.3 Å². The van der Waals surface area contributed by atoms with Gasteiger partial charge in [0.2, 0.25) is 0 Å². The number of aromatic nitrogens is 2. The Balaban J connectivity index is 2.04. The molecule has 1 amide bonds. The molecule has 1 fully saturated rings. The van der Waals surface area contributed by atoms with Crippen molar-refractivity contribution in [3.05, 3.63) is 29.9 Å². The normalized spacial score (nSPS) is 17.4. The Morgan fingerprint density at radius 1 is 1.29 bits per heavy atom. The number of rotatable bonds is 3. The molecule has 2 rings (SSSR count). The lowest BCUT2D eigenvalue weighted by molar-refractivity contribution is 0.0995. The van der Waals surface area contributed by atoms with Crippen LogP contribution in [0.2, 0.25) is 0 Å². The lowest BCUT2D eigenvalue weighted by Crippen LogP contribution is -2.13. The topological polar surface area (TPSA) is 68.9 Å². The highest BCUT2D eigenvalue weighted by Gasteiger charge is 2.10. The predicted molar refractivity (Wildman–Crippen MR) is 66.2 cm³/mol. The van der Waals surface area contributed by atoms with Crippen molar-refractivity contribution < 1.29 is 4.79 Å². The maximum absolute atomic E-state index is 11.0. The van der Waals surface area contributed by atoms with Crippen LogP contribution in [0.4, 0.5) is 0 Å². The Hall–Kier alpha value is -1.71. The highest BCUT2D eigenvalue weighted by Crippen LogP contribution is 2.24. The van der Waals surface area contributed by atoms with Gasteiger partial charge in [0.05, 0.1) is 18.1 Å². The van der Waals surface area contributed by atoms with E-state index in [1.54, 1.807) is 6.20 Å². The van der Waals surface area contributed by atoms with Crippen LogP contribution in [0.25, 0.3) is 6.08 Å². The van der Waals surface area contributed by atoms with Crippen molar-refractivity contribution in [2.75, 3.05) is 0 Å². The summed E-state index contributed by atoms with van der Waals surface area (Å²) in [5.41, 5.74) is 6.08. The van der Waals surface area contributed by atoms with Crippen molar-refractivity contribution in [1.29, 1.82) is 0 Å².